The molecular weight excluding hydrogens is 232 g/mol. The van der Waals surface area contributed by atoms with E-state index in [4.69, 9.17) is 5.11 Å². The molecule has 2 unspecified atom stereocenters. The summed E-state index contributed by atoms with van der Waals surface area (Å²) in [4.78, 5) is 21.8. The van der Waals surface area contributed by atoms with Crippen molar-refractivity contribution >= 4 is 11.9 Å². The molecule has 7 heteroatoms. The molecule has 0 spiro atoms. The Labute approximate surface area is 96.6 Å². The van der Waals surface area contributed by atoms with Gasteiger partial charge in [-0.15, -0.1) is 0 Å². The van der Waals surface area contributed by atoms with Gasteiger partial charge in [-0.05, 0) is 6.92 Å². The van der Waals surface area contributed by atoms with Crippen molar-refractivity contribution in [3.8, 4) is 0 Å². The molecule has 0 radical (unpaired) electrons. The maximum atomic E-state index is 11.0. The fourth-order valence-corrected chi connectivity index (χ4v) is 1.10. The molecule has 1 aliphatic rings. The number of rotatable bonds is 4. The van der Waals surface area contributed by atoms with Gasteiger partial charge in [0.2, 0.25) is 5.76 Å². The van der Waals surface area contributed by atoms with Crippen molar-refractivity contribution in [1.29, 1.82) is 0 Å². The molecule has 0 amide bonds. The van der Waals surface area contributed by atoms with Crippen molar-refractivity contribution in [1.82, 2.24) is 0 Å². The molecule has 2 atom stereocenters. The summed E-state index contributed by atoms with van der Waals surface area (Å²) in [6.45, 7) is 4.25. The highest BCUT2D eigenvalue weighted by molar-refractivity contribution is 5.89. The molecule has 0 saturated carbocycles. The zero-order valence-electron chi connectivity index (χ0n) is 9.04. The average molecular weight is 244 g/mol. The fourth-order valence-electron chi connectivity index (χ4n) is 1.10. The first kappa shape index (κ1) is 13.0. The summed E-state index contributed by atoms with van der Waals surface area (Å²) in [6.07, 6.45) is -2.90. The summed E-state index contributed by atoms with van der Waals surface area (Å²) in [5, 5.41) is 27.7. The van der Waals surface area contributed by atoms with E-state index >= 15 is 0 Å². The van der Waals surface area contributed by atoms with Crippen LogP contribution in [0, 0.1) is 0 Å². The first-order chi connectivity index (χ1) is 7.84. The normalized spacial score (nSPS) is 21.1. The summed E-state index contributed by atoms with van der Waals surface area (Å²) >= 11 is 0. The lowest BCUT2D eigenvalue weighted by molar-refractivity contribution is -0.152. The van der Waals surface area contributed by atoms with Gasteiger partial charge in [0.25, 0.3) is 0 Å². The average Bonchev–Trinajstić information content (AvgIpc) is 2.53. The van der Waals surface area contributed by atoms with Gasteiger partial charge in [-0.25, -0.2) is 9.59 Å². The molecule has 3 N–H and O–H groups in total. The predicted octanol–water partition coefficient (Wildman–Crippen LogP) is -0.280. The first-order valence-electron chi connectivity index (χ1n) is 4.68. The molecule has 0 aliphatic carbocycles. The number of ether oxygens (including phenoxy) is 2. The van der Waals surface area contributed by atoms with E-state index in [0.717, 1.165) is 0 Å². The third-order valence-corrected chi connectivity index (χ3v) is 2.02. The van der Waals surface area contributed by atoms with Crippen molar-refractivity contribution in [2.24, 2.45) is 0 Å². The van der Waals surface area contributed by atoms with Gasteiger partial charge in [-0.2, -0.15) is 0 Å². The van der Waals surface area contributed by atoms with Gasteiger partial charge in [0, 0.05) is 5.57 Å². The molecule has 0 saturated heterocycles. The Morgan fingerprint density at radius 1 is 1.59 bits per heavy atom. The third-order valence-electron chi connectivity index (χ3n) is 2.02. The highest BCUT2D eigenvalue weighted by Gasteiger charge is 2.39. The van der Waals surface area contributed by atoms with Gasteiger partial charge in [-0.1, -0.05) is 6.58 Å². The van der Waals surface area contributed by atoms with Gasteiger partial charge >= 0.3 is 11.9 Å². The number of aliphatic hydroxyl groups is 3. The van der Waals surface area contributed by atoms with Gasteiger partial charge < -0.3 is 24.8 Å². The van der Waals surface area contributed by atoms with Crippen molar-refractivity contribution in [3.05, 3.63) is 23.7 Å². The Bertz CT molecular complexity index is 395. The van der Waals surface area contributed by atoms with E-state index in [2.05, 4.69) is 16.1 Å². The number of hydrogen-bond donors (Lipinski definition) is 3. The van der Waals surface area contributed by atoms with Crippen LogP contribution in [0.5, 0.6) is 0 Å². The maximum absolute atomic E-state index is 11.0. The van der Waals surface area contributed by atoms with Gasteiger partial charge in [-0.3, -0.25) is 0 Å². The number of cyclic esters (lactones) is 1. The highest BCUT2D eigenvalue weighted by Crippen LogP contribution is 2.21. The van der Waals surface area contributed by atoms with Crippen molar-refractivity contribution in [3.63, 3.8) is 0 Å². The molecule has 94 valence electrons. The van der Waals surface area contributed by atoms with Gasteiger partial charge in [0.05, 0.1) is 0 Å². The lowest BCUT2D eigenvalue weighted by Crippen LogP contribution is -2.33. The van der Waals surface area contributed by atoms with Crippen molar-refractivity contribution in [2.45, 2.75) is 19.1 Å². The zero-order valence-corrected chi connectivity index (χ0v) is 9.04. The van der Waals surface area contributed by atoms with Crippen LogP contribution in [0.25, 0.3) is 0 Å². The summed E-state index contributed by atoms with van der Waals surface area (Å²) in [5.74, 6) is -3.60. The van der Waals surface area contributed by atoms with Crippen LogP contribution in [-0.2, 0) is 19.1 Å². The SMILES string of the molecule is C=C(C)C(=O)OCC(O)C1OC(=O)C(O)=C1O. The molecule has 0 aromatic heterocycles. The minimum absolute atomic E-state index is 0.142. The van der Waals surface area contributed by atoms with E-state index in [1.165, 1.54) is 6.92 Å². The number of aliphatic hydroxyl groups excluding tert-OH is 3. The van der Waals surface area contributed by atoms with Crippen LogP contribution < -0.4 is 0 Å². The largest absolute Gasteiger partial charge is 0.505 e. The fraction of sp³-hybridized carbons (Fsp3) is 0.400. The van der Waals surface area contributed by atoms with E-state index in [0.29, 0.717) is 0 Å². The molecule has 17 heavy (non-hydrogen) atoms. The molecule has 0 fully saturated rings. The van der Waals surface area contributed by atoms with Crippen LogP contribution in [0.2, 0.25) is 0 Å². The molecular formula is C10H12O7. The van der Waals surface area contributed by atoms with Gasteiger partial charge in [0.15, 0.2) is 11.9 Å². The van der Waals surface area contributed by atoms with Crippen LogP contribution >= 0.6 is 0 Å². The number of esters is 2. The second kappa shape index (κ2) is 4.88. The summed E-state index contributed by atoms with van der Waals surface area (Å²) in [5.41, 5.74) is 0.142. The van der Waals surface area contributed by atoms with Crippen LogP contribution in [0.3, 0.4) is 0 Å². The van der Waals surface area contributed by atoms with E-state index in [1.807, 2.05) is 0 Å². The molecule has 1 heterocycles. The number of carbonyl (C=O) groups excluding carboxylic acids is 2. The van der Waals surface area contributed by atoms with Crippen LogP contribution in [-0.4, -0.2) is 46.1 Å². The van der Waals surface area contributed by atoms with E-state index in [9.17, 15) is 19.8 Å². The number of carbonyl (C=O) groups is 2. The highest BCUT2D eigenvalue weighted by atomic mass is 16.6. The topological polar surface area (TPSA) is 113 Å². The van der Waals surface area contributed by atoms with Crippen molar-refractivity contribution < 1.29 is 34.4 Å². The van der Waals surface area contributed by atoms with Crippen molar-refractivity contribution in [2.75, 3.05) is 6.61 Å². The molecule has 1 rings (SSSR count). The van der Waals surface area contributed by atoms with Crippen LogP contribution in [0.4, 0.5) is 0 Å². The lowest BCUT2D eigenvalue weighted by Gasteiger charge is -2.17. The quantitative estimate of drug-likeness (QED) is 0.460. The van der Waals surface area contributed by atoms with E-state index in [-0.39, 0.29) is 5.57 Å². The van der Waals surface area contributed by atoms with E-state index in [1.54, 1.807) is 0 Å². The van der Waals surface area contributed by atoms with Gasteiger partial charge in [0.1, 0.15) is 12.7 Å². The summed E-state index contributed by atoms with van der Waals surface area (Å²) in [6, 6.07) is 0. The Balaban J connectivity index is 2.56. The first-order valence-corrected chi connectivity index (χ1v) is 4.68. The maximum Gasteiger partial charge on any atom is 0.377 e. The van der Waals surface area contributed by atoms with Crippen LogP contribution in [0.1, 0.15) is 6.92 Å². The summed E-state index contributed by atoms with van der Waals surface area (Å²) < 4.78 is 9.07. The lowest BCUT2D eigenvalue weighted by atomic mass is 10.2. The minimum atomic E-state index is -1.47. The molecule has 0 aromatic carbocycles. The smallest absolute Gasteiger partial charge is 0.377 e. The Kier molecular flexibility index (Phi) is 3.74. The Hall–Kier alpha value is -2.02. The molecule has 7 nitrogen and oxygen atoms in total. The standard InChI is InChI=1S/C10H12O7/c1-4(2)9(14)16-3-5(11)8-6(12)7(13)10(15)17-8/h5,8,11-13H,1,3H2,2H3. The monoisotopic (exact) mass is 244 g/mol. The molecule has 1 aliphatic heterocycles. The summed E-state index contributed by atoms with van der Waals surface area (Å²) in [7, 11) is 0. The Morgan fingerprint density at radius 2 is 2.18 bits per heavy atom. The molecule has 0 aromatic rings. The Morgan fingerprint density at radius 3 is 2.59 bits per heavy atom. The van der Waals surface area contributed by atoms with E-state index < -0.39 is 42.3 Å². The number of hydrogen-bond acceptors (Lipinski definition) is 7. The third kappa shape index (κ3) is 2.76. The van der Waals surface area contributed by atoms with Crippen LogP contribution in [0.15, 0.2) is 23.7 Å². The second-order valence-corrected chi connectivity index (χ2v) is 3.51. The predicted molar refractivity (Wildman–Crippen MR) is 53.9 cm³/mol. The molecule has 0 bridgehead atoms. The second-order valence-electron chi connectivity index (χ2n) is 3.51. The zero-order chi connectivity index (χ0) is 13.2. The minimum Gasteiger partial charge on any atom is -0.505 e.